The van der Waals surface area contributed by atoms with Crippen LogP contribution in [0.3, 0.4) is 0 Å². The minimum Gasteiger partial charge on any atom is -0.474 e. The molecule has 2 N–H and O–H groups in total. The highest BCUT2D eigenvalue weighted by Gasteiger charge is 2.26. The van der Waals surface area contributed by atoms with Crippen LogP contribution in [0.5, 0.6) is 5.88 Å². The highest BCUT2D eigenvalue weighted by atomic mass is 16.5. The number of nitrogens with one attached hydrogen (secondary N) is 2. The first-order chi connectivity index (χ1) is 8.92. The Morgan fingerprint density at radius 1 is 1.42 bits per heavy atom. The van der Waals surface area contributed by atoms with Gasteiger partial charge in [0.2, 0.25) is 5.88 Å². The van der Waals surface area contributed by atoms with E-state index in [4.69, 9.17) is 9.47 Å². The maximum absolute atomic E-state index is 5.96. The Hall–Kier alpha value is -1.07. The van der Waals surface area contributed by atoms with Crippen molar-refractivity contribution in [1.82, 2.24) is 15.5 Å². The monoisotopic (exact) mass is 267 g/mol. The Balaban J connectivity index is 1.67. The summed E-state index contributed by atoms with van der Waals surface area (Å²) < 4.78 is 11.6. The van der Waals surface area contributed by atoms with Gasteiger partial charge in [0.05, 0.1) is 12.2 Å². The molecule has 1 aromatic heterocycles. The van der Waals surface area contributed by atoms with Crippen LogP contribution >= 0.6 is 0 Å². The van der Waals surface area contributed by atoms with E-state index in [0.29, 0.717) is 18.6 Å². The van der Waals surface area contributed by atoms with E-state index < -0.39 is 0 Å². The molecule has 0 spiro atoms. The van der Waals surface area contributed by atoms with Crippen molar-refractivity contribution in [2.24, 2.45) is 0 Å². The molecule has 0 aliphatic carbocycles. The average Bonchev–Trinajstić information content (AvgIpc) is 2.92. The van der Waals surface area contributed by atoms with Crippen molar-refractivity contribution in [3.63, 3.8) is 0 Å². The molecule has 2 atom stereocenters. The predicted octanol–water partition coefficient (Wildman–Crippen LogP) is 2.03. The van der Waals surface area contributed by atoms with Crippen LogP contribution in [0.4, 0.5) is 0 Å². The number of aryl methyl sites for hydroxylation is 1. The van der Waals surface area contributed by atoms with Crippen LogP contribution in [0.15, 0.2) is 6.07 Å². The summed E-state index contributed by atoms with van der Waals surface area (Å²) in [7, 11) is 0. The number of hydrogen-bond acceptors (Lipinski definition) is 4. The maximum atomic E-state index is 5.96. The highest BCUT2D eigenvalue weighted by Crippen LogP contribution is 2.20. The van der Waals surface area contributed by atoms with Crippen molar-refractivity contribution >= 4 is 0 Å². The van der Waals surface area contributed by atoms with Gasteiger partial charge < -0.3 is 14.8 Å². The largest absolute Gasteiger partial charge is 0.474 e. The number of nitrogens with zero attached hydrogens (tertiary/aromatic N) is 1. The van der Waals surface area contributed by atoms with Crippen LogP contribution in [0.25, 0.3) is 0 Å². The number of H-pyrrole nitrogens is 1. The Kier molecular flexibility index (Phi) is 4.47. The summed E-state index contributed by atoms with van der Waals surface area (Å²) in [5, 5.41) is 10.4. The zero-order valence-electron chi connectivity index (χ0n) is 12.3. The molecule has 2 unspecified atom stereocenters. The number of aromatic nitrogens is 2. The van der Waals surface area contributed by atoms with E-state index in [1.54, 1.807) is 0 Å². The first-order valence-corrected chi connectivity index (χ1v) is 6.98. The van der Waals surface area contributed by atoms with Gasteiger partial charge in [-0.2, -0.15) is 0 Å². The molecule has 5 heteroatoms. The fourth-order valence-electron chi connectivity index (χ4n) is 2.12. The number of ether oxygens (including phenoxy) is 2. The lowest BCUT2D eigenvalue weighted by molar-refractivity contribution is 0.0152. The number of hydrogen-bond donors (Lipinski definition) is 2. The third-order valence-corrected chi connectivity index (χ3v) is 3.16. The third kappa shape index (κ3) is 4.84. The van der Waals surface area contributed by atoms with E-state index in [0.717, 1.165) is 25.1 Å². The highest BCUT2D eigenvalue weighted by molar-refractivity contribution is 5.12. The molecule has 5 nitrogen and oxygen atoms in total. The van der Waals surface area contributed by atoms with Crippen molar-refractivity contribution in [3.05, 3.63) is 11.8 Å². The van der Waals surface area contributed by atoms with Crippen LogP contribution in [-0.2, 0) is 4.74 Å². The lowest BCUT2D eigenvalue weighted by atomic mass is 10.1. The van der Waals surface area contributed by atoms with Gasteiger partial charge in [-0.05, 0) is 40.5 Å². The van der Waals surface area contributed by atoms with Gasteiger partial charge in [0.1, 0.15) is 6.61 Å². The Bertz CT molecular complexity index is 398. The molecule has 0 radical (unpaired) electrons. The van der Waals surface area contributed by atoms with Gasteiger partial charge >= 0.3 is 0 Å². The molecular weight excluding hydrogens is 242 g/mol. The zero-order chi connectivity index (χ0) is 13.9. The lowest BCUT2D eigenvalue weighted by Crippen LogP contribution is -2.41. The predicted molar refractivity (Wildman–Crippen MR) is 74.5 cm³/mol. The van der Waals surface area contributed by atoms with Gasteiger partial charge in [-0.1, -0.05) is 0 Å². The zero-order valence-corrected chi connectivity index (χ0v) is 12.3. The first kappa shape index (κ1) is 14.3. The van der Waals surface area contributed by atoms with Gasteiger partial charge in [-0.25, -0.2) is 0 Å². The molecule has 108 valence electrons. The quantitative estimate of drug-likeness (QED) is 0.857. The minimum atomic E-state index is 0.143. The van der Waals surface area contributed by atoms with Crippen LogP contribution in [0, 0.1) is 6.92 Å². The Morgan fingerprint density at radius 2 is 2.16 bits per heavy atom. The molecule has 1 aromatic rings. The SMILES string of the molecule is Cc1cc(OCC2CCC(CNC(C)(C)C)O2)n[nH]1. The molecule has 2 rings (SSSR count). The molecule has 0 bridgehead atoms. The van der Waals surface area contributed by atoms with Crippen LogP contribution in [-0.4, -0.2) is 41.1 Å². The smallest absolute Gasteiger partial charge is 0.232 e. The van der Waals surface area contributed by atoms with E-state index in [-0.39, 0.29) is 11.6 Å². The van der Waals surface area contributed by atoms with E-state index in [9.17, 15) is 0 Å². The van der Waals surface area contributed by atoms with Crippen molar-refractivity contribution in [1.29, 1.82) is 0 Å². The lowest BCUT2D eigenvalue weighted by Gasteiger charge is -2.23. The van der Waals surface area contributed by atoms with Gasteiger partial charge in [0.15, 0.2) is 0 Å². The van der Waals surface area contributed by atoms with Crippen LogP contribution < -0.4 is 10.1 Å². The molecule has 19 heavy (non-hydrogen) atoms. The van der Waals surface area contributed by atoms with Gasteiger partial charge in [0, 0.05) is 23.8 Å². The van der Waals surface area contributed by atoms with Crippen molar-refractivity contribution < 1.29 is 9.47 Å². The van der Waals surface area contributed by atoms with Gasteiger partial charge in [-0.3, -0.25) is 5.10 Å². The summed E-state index contributed by atoms with van der Waals surface area (Å²) in [5.41, 5.74) is 1.15. The van der Waals surface area contributed by atoms with Crippen molar-refractivity contribution in [2.45, 2.75) is 58.3 Å². The second kappa shape index (κ2) is 5.92. The summed E-state index contributed by atoms with van der Waals surface area (Å²) in [5.74, 6) is 0.650. The van der Waals surface area contributed by atoms with E-state index in [1.807, 2.05) is 13.0 Å². The molecule has 1 saturated heterocycles. The van der Waals surface area contributed by atoms with E-state index >= 15 is 0 Å². The summed E-state index contributed by atoms with van der Waals surface area (Å²) in [6.45, 7) is 9.95. The van der Waals surface area contributed by atoms with Gasteiger partial charge in [-0.15, -0.1) is 5.10 Å². The van der Waals surface area contributed by atoms with Crippen molar-refractivity contribution in [3.8, 4) is 5.88 Å². The summed E-state index contributed by atoms with van der Waals surface area (Å²) in [6.07, 6.45) is 2.63. The Morgan fingerprint density at radius 3 is 2.79 bits per heavy atom. The minimum absolute atomic E-state index is 0.143. The number of aromatic amines is 1. The molecule has 2 heterocycles. The number of rotatable bonds is 5. The molecule has 1 fully saturated rings. The third-order valence-electron chi connectivity index (χ3n) is 3.16. The first-order valence-electron chi connectivity index (χ1n) is 6.98. The van der Waals surface area contributed by atoms with Crippen LogP contribution in [0.2, 0.25) is 0 Å². The molecular formula is C14H25N3O2. The van der Waals surface area contributed by atoms with Crippen LogP contribution in [0.1, 0.15) is 39.3 Å². The maximum Gasteiger partial charge on any atom is 0.232 e. The molecule has 0 saturated carbocycles. The molecule has 0 amide bonds. The fourth-order valence-corrected chi connectivity index (χ4v) is 2.12. The second-order valence-electron chi connectivity index (χ2n) is 6.29. The molecule has 0 aromatic carbocycles. The topological polar surface area (TPSA) is 59.2 Å². The Labute approximate surface area is 115 Å². The standard InChI is InChI=1S/C14H25N3O2/c1-10-7-13(17-16-10)18-9-12-6-5-11(19-12)8-15-14(2,3)4/h7,11-12,15H,5-6,8-9H2,1-4H3,(H,16,17). The van der Waals surface area contributed by atoms with Gasteiger partial charge in [0.25, 0.3) is 0 Å². The summed E-state index contributed by atoms with van der Waals surface area (Å²) >= 11 is 0. The molecule has 1 aliphatic heterocycles. The summed E-state index contributed by atoms with van der Waals surface area (Å²) in [6, 6.07) is 1.90. The fraction of sp³-hybridized carbons (Fsp3) is 0.786. The summed E-state index contributed by atoms with van der Waals surface area (Å²) in [4.78, 5) is 0. The average molecular weight is 267 g/mol. The molecule has 1 aliphatic rings. The van der Waals surface area contributed by atoms with Crippen molar-refractivity contribution in [2.75, 3.05) is 13.2 Å². The van der Waals surface area contributed by atoms with E-state index in [2.05, 4.69) is 36.3 Å². The second-order valence-corrected chi connectivity index (χ2v) is 6.29. The normalized spacial score (nSPS) is 23.8. The van der Waals surface area contributed by atoms with E-state index in [1.165, 1.54) is 0 Å².